The minimum absolute atomic E-state index is 0.134. The van der Waals surface area contributed by atoms with Gasteiger partial charge in [-0.15, -0.1) is 6.58 Å². The Morgan fingerprint density at radius 3 is 2.11 bits per heavy atom. The van der Waals surface area contributed by atoms with E-state index >= 15 is 13.2 Å². The van der Waals surface area contributed by atoms with Crippen molar-refractivity contribution in [1.82, 2.24) is 0 Å². The molecule has 0 radical (unpaired) electrons. The quantitative estimate of drug-likeness (QED) is 0.231. The van der Waals surface area contributed by atoms with Gasteiger partial charge in [-0.05, 0) is 75.2 Å². The first-order chi connectivity index (χ1) is 17.9. The maximum Gasteiger partial charge on any atom is 0.167 e. The molecule has 202 valence electrons. The van der Waals surface area contributed by atoms with Crippen LogP contribution in [0.3, 0.4) is 0 Å². The Labute approximate surface area is 218 Å². The summed E-state index contributed by atoms with van der Waals surface area (Å²) in [6.07, 6.45) is 10.1. The number of rotatable bonds is 10. The van der Waals surface area contributed by atoms with Gasteiger partial charge in [-0.2, -0.15) is 0 Å². The molecule has 2 aromatic rings. The molecule has 0 spiro atoms. The van der Waals surface area contributed by atoms with Crippen LogP contribution in [0.4, 0.5) is 17.6 Å². The summed E-state index contributed by atoms with van der Waals surface area (Å²) in [5, 5.41) is 0. The van der Waals surface area contributed by atoms with Crippen LogP contribution in [-0.4, -0.2) is 19.3 Å². The lowest BCUT2D eigenvalue weighted by Crippen LogP contribution is -2.26. The fraction of sp³-hybridized carbons (Fsp3) is 0.548. The molecule has 2 saturated heterocycles. The highest BCUT2D eigenvalue weighted by Gasteiger charge is 2.28. The normalized spacial score (nSPS) is 24.2. The number of allylic oxidation sites excluding steroid dienone is 1. The molecule has 0 saturated carbocycles. The zero-order chi connectivity index (χ0) is 26.4. The van der Waals surface area contributed by atoms with Gasteiger partial charge >= 0.3 is 0 Å². The summed E-state index contributed by atoms with van der Waals surface area (Å²) in [5.41, 5.74) is -0.183. The summed E-state index contributed by atoms with van der Waals surface area (Å²) in [6.45, 7) is 6.98. The van der Waals surface area contributed by atoms with E-state index in [4.69, 9.17) is 9.47 Å². The van der Waals surface area contributed by atoms with Gasteiger partial charge in [0.25, 0.3) is 0 Å². The number of halogens is 4. The fourth-order valence-electron chi connectivity index (χ4n) is 5.68. The smallest absolute Gasteiger partial charge is 0.167 e. The lowest BCUT2D eigenvalue weighted by Gasteiger charge is -2.29. The van der Waals surface area contributed by atoms with Gasteiger partial charge in [0.05, 0.1) is 18.8 Å². The van der Waals surface area contributed by atoms with Crippen molar-refractivity contribution in [3.63, 3.8) is 0 Å². The molecule has 0 bridgehead atoms. The maximum absolute atomic E-state index is 15.1. The molecule has 2 fully saturated rings. The number of hydrogen-bond donors (Lipinski definition) is 0. The van der Waals surface area contributed by atoms with Crippen molar-refractivity contribution in [1.29, 1.82) is 0 Å². The Balaban J connectivity index is 1.41. The summed E-state index contributed by atoms with van der Waals surface area (Å²) < 4.78 is 71.8. The van der Waals surface area contributed by atoms with Gasteiger partial charge in [-0.3, -0.25) is 0 Å². The molecule has 2 nitrogen and oxygen atoms in total. The van der Waals surface area contributed by atoms with Gasteiger partial charge in [0.2, 0.25) is 0 Å². The first-order valence-electron chi connectivity index (χ1n) is 13.7. The summed E-state index contributed by atoms with van der Waals surface area (Å²) in [7, 11) is 0. The first kappa shape index (κ1) is 27.8. The number of aryl methyl sites for hydroxylation is 1. The van der Waals surface area contributed by atoms with E-state index in [1.165, 1.54) is 24.3 Å². The molecule has 0 aromatic heterocycles. The van der Waals surface area contributed by atoms with Crippen LogP contribution < -0.4 is 0 Å². The second-order valence-corrected chi connectivity index (χ2v) is 10.6. The van der Waals surface area contributed by atoms with Crippen molar-refractivity contribution < 1.29 is 27.0 Å². The molecule has 2 heterocycles. The zero-order valence-corrected chi connectivity index (χ0v) is 21.7. The van der Waals surface area contributed by atoms with Crippen molar-refractivity contribution in [3.05, 3.63) is 71.3 Å². The Bertz CT molecular complexity index is 1050. The van der Waals surface area contributed by atoms with Gasteiger partial charge in [0, 0.05) is 23.3 Å². The van der Waals surface area contributed by atoms with E-state index in [9.17, 15) is 4.39 Å². The molecular formula is C31H38F4O2. The van der Waals surface area contributed by atoms with E-state index < -0.39 is 29.4 Å². The third-order valence-electron chi connectivity index (χ3n) is 7.96. The van der Waals surface area contributed by atoms with Crippen molar-refractivity contribution in [2.75, 3.05) is 13.2 Å². The van der Waals surface area contributed by atoms with Gasteiger partial charge in [-0.25, -0.2) is 17.6 Å². The summed E-state index contributed by atoms with van der Waals surface area (Å²) in [5.74, 6) is -3.64. The molecule has 4 rings (SSSR count). The van der Waals surface area contributed by atoms with Gasteiger partial charge in [0.1, 0.15) is 0 Å². The van der Waals surface area contributed by atoms with Crippen LogP contribution in [0, 0.1) is 35.1 Å². The van der Waals surface area contributed by atoms with Gasteiger partial charge in [0.15, 0.2) is 23.3 Å². The number of hydrogen-bond acceptors (Lipinski definition) is 2. The molecule has 2 aliphatic heterocycles. The highest BCUT2D eigenvalue weighted by Crippen LogP contribution is 2.37. The Kier molecular flexibility index (Phi) is 9.83. The molecule has 0 aliphatic carbocycles. The van der Waals surface area contributed by atoms with E-state index in [0.717, 1.165) is 44.9 Å². The maximum atomic E-state index is 15.1. The fourth-order valence-corrected chi connectivity index (χ4v) is 5.68. The molecule has 4 unspecified atom stereocenters. The van der Waals surface area contributed by atoms with Crippen molar-refractivity contribution >= 4 is 0 Å². The predicted octanol–water partition coefficient (Wildman–Crippen LogP) is 8.87. The van der Waals surface area contributed by atoms with Crippen molar-refractivity contribution in [2.24, 2.45) is 11.8 Å². The standard InChI is InChI=1S/C31H38F4O2/c1-3-5-7-23-13-9-21(18-36-23)8-11-22-12-14-24(29(33)28(22)32)25-15-16-26(31(35)30(25)34)27-17-10-20(6-4-2)19-37-27/h3,12,14-16,20-21,23,27H,1,4-11,13,17-19H2,2H3. The van der Waals surface area contributed by atoms with Gasteiger partial charge in [-0.1, -0.05) is 43.7 Å². The first-order valence-corrected chi connectivity index (χ1v) is 13.7. The van der Waals surface area contributed by atoms with Crippen molar-refractivity contribution in [2.45, 2.75) is 83.3 Å². The van der Waals surface area contributed by atoms with Crippen LogP contribution in [0.5, 0.6) is 0 Å². The van der Waals surface area contributed by atoms with E-state index in [2.05, 4.69) is 13.5 Å². The largest absolute Gasteiger partial charge is 0.378 e. The minimum Gasteiger partial charge on any atom is -0.378 e. The lowest BCUT2D eigenvalue weighted by molar-refractivity contribution is -0.0214. The second kappa shape index (κ2) is 13.1. The average Bonchev–Trinajstić information content (AvgIpc) is 2.91. The monoisotopic (exact) mass is 518 g/mol. The van der Waals surface area contributed by atoms with Crippen LogP contribution in [0.2, 0.25) is 0 Å². The van der Waals surface area contributed by atoms with Crippen LogP contribution in [0.15, 0.2) is 36.9 Å². The highest BCUT2D eigenvalue weighted by atomic mass is 19.2. The molecule has 2 aromatic carbocycles. The van der Waals surface area contributed by atoms with E-state index in [-0.39, 0.29) is 28.4 Å². The number of ether oxygens (including phenoxy) is 2. The van der Waals surface area contributed by atoms with Gasteiger partial charge < -0.3 is 9.47 Å². The summed E-state index contributed by atoms with van der Waals surface area (Å²) in [4.78, 5) is 0. The molecule has 0 N–H and O–H groups in total. The third kappa shape index (κ3) is 6.64. The van der Waals surface area contributed by atoms with E-state index in [1.54, 1.807) is 0 Å². The molecular weight excluding hydrogens is 480 g/mol. The Morgan fingerprint density at radius 1 is 0.784 bits per heavy atom. The van der Waals surface area contributed by atoms with E-state index in [1.807, 2.05) is 6.08 Å². The molecule has 6 heteroatoms. The SMILES string of the molecule is C=CCCC1CCC(CCc2ccc(-c3ccc(C4CCC(CCC)CO4)c(F)c3F)c(F)c2F)CO1. The Hall–Kier alpha value is -2.18. The lowest BCUT2D eigenvalue weighted by atomic mass is 9.90. The van der Waals surface area contributed by atoms with Crippen molar-refractivity contribution in [3.8, 4) is 11.1 Å². The molecule has 37 heavy (non-hydrogen) atoms. The molecule has 0 amide bonds. The zero-order valence-electron chi connectivity index (χ0n) is 21.7. The van der Waals surface area contributed by atoms with Crippen LogP contribution in [-0.2, 0) is 15.9 Å². The number of benzene rings is 2. The van der Waals surface area contributed by atoms with Crippen LogP contribution in [0.25, 0.3) is 11.1 Å². The van der Waals surface area contributed by atoms with E-state index in [0.29, 0.717) is 44.3 Å². The summed E-state index contributed by atoms with van der Waals surface area (Å²) >= 11 is 0. The third-order valence-corrected chi connectivity index (χ3v) is 7.96. The van der Waals surface area contributed by atoms with Crippen LogP contribution in [0.1, 0.15) is 81.9 Å². The minimum atomic E-state index is -1.17. The molecule has 4 atom stereocenters. The van der Waals surface area contributed by atoms with Crippen LogP contribution >= 0.6 is 0 Å². The molecule has 2 aliphatic rings. The highest BCUT2D eigenvalue weighted by molar-refractivity contribution is 5.66. The second-order valence-electron chi connectivity index (χ2n) is 10.6. The summed E-state index contributed by atoms with van der Waals surface area (Å²) in [6, 6.07) is 5.60. The topological polar surface area (TPSA) is 18.5 Å². The predicted molar refractivity (Wildman–Crippen MR) is 138 cm³/mol. The average molecular weight is 519 g/mol. The Morgan fingerprint density at radius 2 is 1.46 bits per heavy atom.